The van der Waals surface area contributed by atoms with Crippen molar-refractivity contribution in [2.75, 3.05) is 12.4 Å². The van der Waals surface area contributed by atoms with Gasteiger partial charge in [-0.2, -0.15) is 0 Å². The van der Waals surface area contributed by atoms with E-state index in [1.54, 1.807) is 48.9 Å². The molecule has 1 N–H and O–H groups in total. The lowest BCUT2D eigenvalue weighted by atomic mass is 10.0. The number of nitrogens with one attached hydrogen (secondary N) is 1. The van der Waals surface area contributed by atoms with Crippen LogP contribution in [0.1, 0.15) is 16.8 Å². The highest BCUT2D eigenvalue weighted by Gasteiger charge is 2.13. The van der Waals surface area contributed by atoms with E-state index in [0.29, 0.717) is 5.82 Å². The zero-order valence-corrected chi connectivity index (χ0v) is 18.1. The van der Waals surface area contributed by atoms with Gasteiger partial charge in [0, 0.05) is 59.7 Å². The number of aromatic nitrogens is 5. The van der Waals surface area contributed by atoms with Crippen molar-refractivity contribution in [1.29, 1.82) is 0 Å². The largest absolute Gasteiger partial charge is 0.310 e. The number of carbonyl (C=O) groups excluding carboxylic acids is 1. The molecule has 0 bridgehead atoms. The first-order valence-electron chi connectivity index (χ1n) is 10.1. The minimum atomic E-state index is -0.157. The monoisotopic (exact) mass is 427 g/mol. The summed E-state index contributed by atoms with van der Waals surface area (Å²) in [5.74, 6) is 0.325. The molecule has 160 valence electrons. The number of amides is 1. The molecular formula is C24H23N6O2+. The Kier molecular flexibility index (Phi) is 6.12. The summed E-state index contributed by atoms with van der Waals surface area (Å²) in [6, 6.07) is 9.55. The van der Waals surface area contributed by atoms with Gasteiger partial charge in [0.05, 0.1) is 24.0 Å². The Morgan fingerprint density at radius 2 is 1.88 bits per heavy atom. The maximum absolute atomic E-state index is 12.5. The van der Waals surface area contributed by atoms with Crippen LogP contribution in [0.2, 0.25) is 0 Å². The van der Waals surface area contributed by atoms with E-state index < -0.39 is 0 Å². The van der Waals surface area contributed by atoms with Crippen LogP contribution in [0.15, 0.2) is 67.5 Å². The van der Waals surface area contributed by atoms with Gasteiger partial charge in [0.1, 0.15) is 12.9 Å². The summed E-state index contributed by atoms with van der Waals surface area (Å²) in [6.07, 6.45) is 10.4. The second-order valence-corrected chi connectivity index (χ2v) is 7.32. The number of nitrogens with zero attached hydrogens (tertiary/aromatic N) is 5. The molecule has 4 aromatic rings. The average molecular weight is 427 g/mol. The molecule has 8 heteroatoms. The van der Waals surface area contributed by atoms with Gasteiger partial charge >= 0.3 is 0 Å². The SMILES string of the molecule is CO[n+]1ccc(-c2ncc(CC(=O)Nc3ccc(-c4cnccn4)cn3)cc2C)cc1C. The molecule has 0 unspecified atom stereocenters. The van der Waals surface area contributed by atoms with Gasteiger partial charge in [0.2, 0.25) is 17.8 Å². The molecule has 0 fully saturated rings. The predicted molar refractivity (Wildman–Crippen MR) is 119 cm³/mol. The topological polar surface area (TPSA) is 93.8 Å². The molecule has 0 atom stereocenters. The predicted octanol–water partition coefficient (Wildman–Crippen LogP) is 2.74. The summed E-state index contributed by atoms with van der Waals surface area (Å²) in [4.78, 5) is 34.9. The molecule has 4 aromatic heterocycles. The number of anilines is 1. The minimum absolute atomic E-state index is 0.157. The number of pyridine rings is 3. The Morgan fingerprint density at radius 3 is 2.53 bits per heavy atom. The van der Waals surface area contributed by atoms with Crippen LogP contribution in [0.5, 0.6) is 0 Å². The van der Waals surface area contributed by atoms with Gasteiger partial charge in [-0.1, -0.05) is 6.07 Å². The molecule has 32 heavy (non-hydrogen) atoms. The molecule has 4 heterocycles. The van der Waals surface area contributed by atoms with E-state index in [1.165, 1.54) is 0 Å². The molecule has 0 radical (unpaired) electrons. The zero-order valence-electron chi connectivity index (χ0n) is 18.1. The highest BCUT2D eigenvalue weighted by atomic mass is 16.6. The average Bonchev–Trinajstić information content (AvgIpc) is 2.80. The molecule has 0 aromatic carbocycles. The molecule has 0 aliphatic carbocycles. The van der Waals surface area contributed by atoms with Crippen LogP contribution in [0.25, 0.3) is 22.5 Å². The molecular weight excluding hydrogens is 404 g/mol. The summed E-state index contributed by atoms with van der Waals surface area (Å²) in [6.45, 7) is 3.96. The van der Waals surface area contributed by atoms with E-state index in [9.17, 15) is 4.79 Å². The molecule has 0 aliphatic heterocycles. The summed E-state index contributed by atoms with van der Waals surface area (Å²) < 4.78 is 1.69. The molecule has 0 saturated carbocycles. The second-order valence-electron chi connectivity index (χ2n) is 7.32. The van der Waals surface area contributed by atoms with Crippen LogP contribution in [0.4, 0.5) is 5.82 Å². The number of aryl methyl sites for hydroxylation is 2. The van der Waals surface area contributed by atoms with Gasteiger partial charge in [-0.3, -0.25) is 24.6 Å². The Hall–Kier alpha value is -4.20. The normalized spacial score (nSPS) is 10.6. The van der Waals surface area contributed by atoms with Crippen molar-refractivity contribution in [3.8, 4) is 22.5 Å². The maximum Gasteiger partial charge on any atom is 0.231 e. The fraction of sp³-hybridized carbons (Fsp3) is 0.167. The van der Waals surface area contributed by atoms with E-state index in [2.05, 4.69) is 25.3 Å². The van der Waals surface area contributed by atoms with E-state index in [4.69, 9.17) is 4.84 Å². The van der Waals surface area contributed by atoms with Crippen molar-refractivity contribution in [2.24, 2.45) is 0 Å². The Labute approximate surface area is 186 Å². The van der Waals surface area contributed by atoms with Crippen molar-refractivity contribution >= 4 is 11.7 Å². The van der Waals surface area contributed by atoms with E-state index in [-0.39, 0.29) is 12.3 Å². The zero-order chi connectivity index (χ0) is 22.5. The van der Waals surface area contributed by atoms with Crippen LogP contribution in [-0.4, -0.2) is 33.0 Å². The first-order chi connectivity index (χ1) is 15.5. The Morgan fingerprint density at radius 1 is 1.00 bits per heavy atom. The fourth-order valence-corrected chi connectivity index (χ4v) is 3.43. The molecule has 0 aliphatic rings. The Bertz CT molecular complexity index is 1240. The van der Waals surface area contributed by atoms with Crippen LogP contribution >= 0.6 is 0 Å². The summed E-state index contributed by atoms with van der Waals surface area (Å²) in [5, 5.41) is 2.82. The third-order valence-corrected chi connectivity index (χ3v) is 4.96. The number of hydrogen-bond acceptors (Lipinski definition) is 6. The molecule has 0 saturated heterocycles. The van der Waals surface area contributed by atoms with Gasteiger partial charge in [-0.25, -0.2) is 4.98 Å². The standard InChI is InChI=1S/C24H22N6O2/c1-16-10-18(13-28-24(16)19-6-9-30(32-3)17(2)11-19)12-23(31)29-22-5-4-20(14-27-22)21-15-25-7-8-26-21/h4-11,13-15H,12H2,1-3H3/p+1. The Balaban J connectivity index is 1.42. The van der Waals surface area contributed by atoms with Crippen LogP contribution in [0, 0.1) is 13.8 Å². The lowest BCUT2D eigenvalue weighted by Crippen LogP contribution is -2.42. The van der Waals surface area contributed by atoms with Gasteiger partial charge in [-0.05, 0) is 30.2 Å². The van der Waals surface area contributed by atoms with Gasteiger partial charge in [-0.15, -0.1) is 0 Å². The fourth-order valence-electron chi connectivity index (χ4n) is 3.43. The van der Waals surface area contributed by atoms with Crippen molar-refractivity contribution in [3.05, 3.63) is 84.3 Å². The van der Waals surface area contributed by atoms with E-state index in [0.717, 1.165) is 39.3 Å². The van der Waals surface area contributed by atoms with Crippen LogP contribution < -0.4 is 14.9 Å². The van der Waals surface area contributed by atoms with Crippen LogP contribution in [0.3, 0.4) is 0 Å². The number of rotatable bonds is 6. The first kappa shape index (κ1) is 21.0. The quantitative estimate of drug-likeness (QED) is 0.476. The number of carbonyl (C=O) groups is 1. The molecule has 4 rings (SSSR count). The highest BCUT2D eigenvalue weighted by molar-refractivity contribution is 5.91. The third kappa shape index (κ3) is 4.75. The molecule has 8 nitrogen and oxygen atoms in total. The van der Waals surface area contributed by atoms with Gasteiger partial charge in [0.25, 0.3) is 0 Å². The smallest absolute Gasteiger partial charge is 0.231 e. The van der Waals surface area contributed by atoms with Crippen LogP contribution in [-0.2, 0) is 11.2 Å². The second kappa shape index (κ2) is 9.30. The van der Waals surface area contributed by atoms with Crippen molar-refractivity contribution in [3.63, 3.8) is 0 Å². The summed E-state index contributed by atoms with van der Waals surface area (Å²) in [5.41, 5.74) is 6.23. The lowest BCUT2D eigenvalue weighted by molar-refractivity contribution is -0.889. The minimum Gasteiger partial charge on any atom is -0.310 e. The molecule has 1 amide bonds. The van der Waals surface area contributed by atoms with Crippen molar-refractivity contribution in [2.45, 2.75) is 20.3 Å². The third-order valence-electron chi connectivity index (χ3n) is 4.96. The highest BCUT2D eigenvalue weighted by Crippen LogP contribution is 2.22. The van der Waals surface area contributed by atoms with Gasteiger partial charge in [0.15, 0.2) is 0 Å². The van der Waals surface area contributed by atoms with Crippen molar-refractivity contribution in [1.82, 2.24) is 19.9 Å². The summed E-state index contributed by atoms with van der Waals surface area (Å²) in [7, 11) is 1.62. The number of hydrogen-bond donors (Lipinski definition) is 1. The van der Waals surface area contributed by atoms with E-state index >= 15 is 0 Å². The van der Waals surface area contributed by atoms with Gasteiger partial charge < -0.3 is 5.32 Å². The maximum atomic E-state index is 12.5. The lowest BCUT2D eigenvalue weighted by Gasteiger charge is -2.09. The molecule has 0 spiro atoms. The first-order valence-corrected chi connectivity index (χ1v) is 10.1. The van der Waals surface area contributed by atoms with Crippen molar-refractivity contribution < 1.29 is 14.4 Å². The van der Waals surface area contributed by atoms with E-state index in [1.807, 2.05) is 44.3 Å². The summed E-state index contributed by atoms with van der Waals surface area (Å²) >= 11 is 0.